The van der Waals surface area contributed by atoms with Gasteiger partial charge in [-0.1, -0.05) is 23.8 Å². The summed E-state index contributed by atoms with van der Waals surface area (Å²) in [6.45, 7) is 4.01. The van der Waals surface area contributed by atoms with Crippen molar-refractivity contribution >= 4 is 0 Å². The molecule has 66 valence electrons. The first-order valence-electron chi connectivity index (χ1n) is 4.11. The Bertz CT molecular complexity index is 269. The fourth-order valence-electron chi connectivity index (χ4n) is 1.28. The van der Waals surface area contributed by atoms with Gasteiger partial charge in [-0.05, 0) is 25.0 Å². The van der Waals surface area contributed by atoms with Crippen LogP contribution in [0.1, 0.15) is 29.7 Å². The fourth-order valence-corrected chi connectivity index (χ4v) is 1.28. The first-order chi connectivity index (χ1) is 5.65. The summed E-state index contributed by atoms with van der Waals surface area (Å²) in [5.74, 6) is 0. The molecule has 12 heavy (non-hydrogen) atoms. The number of hydrogen-bond acceptors (Lipinski definition) is 2. The molecule has 0 saturated heterocycles. The molecule has 0 saturated carbocycles. The molecule has 2 nitrogen and oxygen atoms in total. The summed E-state index contributed by atoms with van der Waals surface area (Å²) < 4.78 is 0. The first-order valence-corrected chi connectivity index (χ1v) is 4.11. The van der Waals surface area contributed by atoms with Gasteiger partial charge in [-0.15, -0.1) is 0 Å². The molecule has 2 heteroatoms. The van der Waals surface area contributed by atoms with Gasteiger partial charge in [0.05, 0.1) is 6.61 Å². The quantitative estimate of drug-likeness (QED) is 0.697. The molecular formula is C10H15NO. The van der Waals surface area contributed by atoms with Gasteiger partial charge in [0.15, 0.2) is 0 Å². The number of nitrogens with two attached hydrogens (primary N) is 1. The van der Waals surface area contributed by atoms with E-state index < -0.39 is 0 Å². The van der Waals surface area contributed by atoms with Gasteiger partial charge in [0.25, 0.3) is 0 Å². The molecule has 0 heterocycles. The van der Waals surface area contributed by atoms with E-state index >= 15 is 0 Å². The predicted octanol–water partition coefficient (Wildman–Crippen LogP) is 1.51. The average molecular weight is 165 g/mol. The van der Waals surface area contributed by atoms with E-state index in [1.807, 2.05) is 32.0 Å². The van der Waals surface area contributed by atoms with Crippen LogP contribution in [-0.4, -0.2) is 5.11 Å². The van der Waals surface area contributed by atoms with Crippen LogP contribution in [0, 0.1) is 6.92 Å². The standard InChI is InChI=1S/C10H15NO/c1-7-3-4-9(6-12)10(5-7)8(2)11/h3-5,8,12H,6,11H2,1-2H3. The van der Waals surface area contributed by atoms with Gasteiger partial charge in [0.1, 0.15) is 0 Å². The van der Waals surface area contributed by atoms with E-state index in [-0.39, 0.29) is 12.6 Å². The lowest BCUT2D eigenvalue weighted by Gasteiger charge is -2.11. The fraction of sp³-hybridized carbons (Fsp3) is 0.400. The van der Waals surface area contributed by atoms with Crippen LogP contribution in [-0.2, 0) is 6.61 Å². The minimum absolute atomic E-state index is 0.00736. The second kappa shape index (κ2) is 3.70. The maximum Gasteiger partial charge on any atom is 0.0685 e. The van der Waals surface area contributed by atoms with Crippen LogP contribution in [0.3, 0.4) is 0 Å². The zero-order valence-electron chi connectivity index (χ0n) is 7.54. The van der Waals surface area contributed by atoms with Gasteiger partial charge in [-0.25, -0.2) is 0 Å². The molecule has 0 aromatic heterocycles. The van der Waals surface area contributed by atoms with Gasteiger partial charge >= 0.3 is 0 Å². The Kier molecular flexibility index (Phi) is 2.84. The zero-order valence-corrected chi connectivity index (χ0v) is 7.54. The van der Waals surface area contributed by atoms with E-state index in [4.69, 9.17) is 10.8 Å². The molecule has 1 rings (SSSR count). The van der Waals surface area contributed by atoms with Crippen molar-refractivity contribution in [2.75, 3.05) is 0 Å². The number of hydrogen-bond donors (Lipinski definition) is 2. The Balaban J connectivity index is 3.12. The Morgan fingerprint density at radius 3 is 2.67 bits per heavy atom. The maximum absolute atomic E-state index is 9.00. The summed E-state index contributed by atoms with van der Waals surface area (Å²) in [4.78, 5) is 0. The van der Waals surface area contributed by atoms with Crippen molar-refractivity contribution in [3.05, 3.63) is 34.9 Å². The highest BCUT2D eigenvalue weighted by Crippen LogP contribution is 2.17. The molecule has 0 fully saturated rings. The molecular weight excluding hydrogens is 150 g/mol. The third-order valence-electron chi connectivity index (χ3n) is 1.96. The summed E-state index contributed by atoms with van der Waals surface area (Å²) in [5, 5.41) is 9.00. The lowest BCUT2D eigenvalue weighted by molar-refractivity contribution is 0.280. The summed E-state index contributed by atoms with van der Waals surface area (Å²) in [6, 6.07) is 5.92. The molecule has 0 spiro atoms. The van der Waals surface area contributed by atoms with E-state index in [1.165, 1.54) is 5.56 Å². The molecule has 1 atom stereocenters. The number of rotatable bonds is 2. The molecule has 1 unspecified atom stereocenters. The van der Waals surface area contributed by atoms with E-state index in [1.54, 1.807) is 0 Å². The average Bonchev–Trinajstić information content (AvgIpc) is 2.04. The molecule has 1 aromatic rings. The third-order valence-corrected chi connectivity index (χ3v) is 1.96. The second-order valence-electron chi connectivity index (χ2n) is 3.15. The van der Waals surface area contributed by atoms with Gasteiger partial charge < -0.3 is 10.8 Å². The SMILES string of the molecule is Cc1ccc(CO)c(C(C)N)c1. The van der Waals surface area contributed by atoms with Crippen molar-refractivity contribution in [2.24, 2.45) is 5.73 Å². The van der Waals surface area contributed by atoms with E-state index in [2.05, 4.69) is 0 Å². The third kappa shape index (κ3) is 1.84. The molecule has 0 aliphatic rings. The van der Waals surface area contributed by atoms with Crippen LogP contribution in [0.5, 0.6) is 0 Å². The summed E-state index contributed by atoms with van der Waals surface area (Å²) >= 11 is 0. The van der Waals surface area contributed by atoms with Crippen LogP contribution >= 0.6 is 0 Å². The number of aryl methyl sites for hydroxylation is 1. The number of benzene rings is 1. The van der Waals surface area contributed by atoms with Crippen molar-refractivity contribution in [2.45, 2.75) is 26.5 Å². The lowest BCUT2D eigenvalue weighted by Crippen LogP contribution is -2.08. The Hall–Kier alpha value is -0.860. The van der Waals surface area contributed by atoms with Crippen molar-refractivity contribution in [3.63, 3.8) is 0 Å². The minimum atomic E-state index is -0.00736. The van der Waals surface area contributed by atoms with Crippen LogP contribution in [0.2, 0.25) is 0 Å². The van der Waals surface area contributed by atoms with Gasteiger partial charge in [-0.3, -0.25) is 0 Å². The van der Waals surface area contributed by atoms with E-state index in [0.29, 0.717) is 0 Å². The Morgan fingerprint density at radius 1 is 1.50 bits per heavy atom. The van der Waals surface area contributed by atoms with Crippen LogP contribution in [0.4, 0.5) is 0 Å². The molecule has 0 aliphatic carbocycles. The van der Waals surface area contributed by atoms with Crippen LogP contribution in [0.15, 0.2) is 18.2 Å². The van der Waals surface area contributed by atoms with Gasteiger partial charge in [-0.2, -0.15) is 0 Å². The van der Waals surface area contributed by atoms with Crippen LogP contribution in [0.25, 0.3) is 0 Å². The van der Waals surface area contributed by atoms with Gasteiger partial charge in [0.2, 0.25) is 0 Å². The Morgan fingerprint density at radius 2 is 2.17 bits per heavy atom. The normalized spacial score (nSPS) is 13.0. The molecule has 0 bridgehead atoms. The van der Waals surface area contributed by atoms with Crippen LogP contribution < -0.4 is 5.73 Å². The smallest absolute Gasteiger partial charge is 0.0685 e. The molecule has 0 radical (unpaired) electrons. The highest BCUT2D eigenvalue weighted by Gasteiger charge is 2.05. The summed E-state index contributed by atoms with van der Waals surface area (Å²) in [5.41, 5.74) is 8.89. The molecule has 3 N–H and O–H groups in total. The first kappa shape index (κ1) is 9.23. The van der Waals surface area contributed by atoms with E-state index in [9.17, 15) is 0 Å². The monoisotopic (exact) mass is 165 g/mol. The highest BCUT2D eigenvalue weighted by atomic mass is 16.3. The van der Waals surface area contributed by atoms with Crippen molar-refractivity contribution in [1.29, 1.82) is 0 Å². The molecule has 0 aliphatic heterocycles. The van der Waals surface area contributed by atoms with Crippen molar-refractivity contribution in [1.82, 2.24) is 0 Å². The Labute approximate surface area is 73.0 Å². The maximum atomic E-state index is 9.00. The predicted molar refractivity (Wildman–Crippen MR) is 49.7 cm³/mol. The highest BCUT2D eigenvalue weighted by molar-refractivity contribution is 5.32. The molecule has 0 amide bonds. The zero-order chi connectivity index (χ0) is 9.14. The topological polar surface area (TPSA) is 46.2 Å². The lowest BCUT2D eigenvalue weighted by atomic mass is 10.0. The second-order valence-corrected chi connectivity index (χ2v) is 3.15. The number of aliphatic hydroxyl groups is 1. The summed E-state index contributed by atoms with van der Waals surface area (Å²) in [6.07, 6.45) is 0. The molecule has 1 aromatic carbocycles. The van der Waals surface area contributed by atoms with Crippen molar-refractivity contribution < 1.29 is 5.11 Å². The van der Waals surface area contributed by atoms with Crippen molar-refractivity contribution in [3.8, 4) is 0 Å². The number of aliphatic hydroxyl groups excluding tert-OH is 1. The van der Waals surface area contributed by atoms with Gasteiger partial charge in [0, 0.05) is 6.04 Å². The van der Waals surface area contributed by atoms with E-state index in [0.717, 1.165) is 11.1 Å². The summed E-state index contributed by atoms with van der Waals surface area (Å²) in [7, 11) is 0. The largest absolute Gasteiger partial charge is 0.392 e. The minimum Gasteiger partial charge on any atom is -0.392 e.